The Balaban J connectivity index is 1.29. The number of ether oxygens (including phenoxy) is 1. The molecule has 0 saturated heterocycles. The maximum absolute atomic E-state index is 14.2. The Kier molecular flexibility index (Phi) is 7.51. The quantitative estimate of drug-likeness (QED) is 0.309. The lowest BCUT2D eigenvalue weighted by Crippen LogP contribution is -2.34. The molecule has 1 aromatic carbocycles. The van der Waals surface area contributed by atoms with Crippen LogP contribution >= 0.6 is 0 Å². The third-order valence-electron chi connectivity index (χ3n) is 8.64. The summed E-state index contributed by atoms with van der Waals surface area (Å²) in [5.41, 5.74) is 0.815. The zero-order valence-electron chi connectivity index (χ0n) is 18.9. The van der Waals surface area contributed by atoms with Gasteiger partial charge in [-0.25, -0.2) is 4.39 Å². The summed E-state index contributed by atoms with van der Waals surface area (Å²) in [4.78, 5) is 0. The molecule has 1 nitrogen and oxygen atoms in total. The van der Waals surface area contributed by atoms with Crippen LogP contribution in [0.25, 0.3) is 0 Å². The van der Waals surface area contributed by atoms with E-state index in [0.717, 1.165) is 61.0 Å². The Bertz CT molecular complexity index is 765. The monoisotopic (exact) mass is 452 g/mol. The molecule has 0 bridgehead atoms. The highest BCUT2D eigenvalue weighted by Crippen LogP contribution is 2.51. The lowest BCUT2D eigenvalue weighted by atomic mass is 9.60. The predicted molar refractivity (Wildman–Crippen MR) is 119 cm³/mol. The number of halogens is 4. The van der Waals surface area contributed by atoms with Crippen LogP contribution in [0.4, 0.5) is 17.6 Å². The number of fused-ring (bicyclic) bond motifs is 1. The first-order valence-corrected chi connectivity index (χ1v) is 12.5. The van der Waals surface area contributed by atoms with E-state index in [4.69, 9.17) is 0 Å². The van der Waals surface area contributed by atoms with Gasteiger partial charge in [-0.3, -0.25) is 0 Å². The van der Waals surface area contributed by atoms with Crippen molar-refractivity contribution in [3.05, 3.63) is 42.2 Å². The van der Waals surface area contributed by atoms with Crippen molar-refractivity contribution in [2.75, 3.05) is 0 Å². The van der Waals surface area contributed by atoms with E-state index in [1.165, 1.54) is 57.4 Å². The van der Waals surface area contributed by atoms with E-state index in [1.807, 2.05) is 6.08 Å². The zero-order valence-corrected chi connectivity index (χ0v) is 18.9. The van der Waals surface area contributed by atoms with E-state index in [-0.39, 0.29) is 5.92 Å². The smallest absolute Gasteiger partial charge is 0.403 e. The van der Waals surface area contributed by atoms with Gasteiger partial charge >= 0.3 is 6.36 Å². The fraction of sp³-hybridized carbons (Fsp3) is 0.704. The first kappa shape index (κ1) is 23.6. The molecule has 3 aliphatic rings. The van der Waals surface area contributed by atoms with Crippen molar-refractivity contribution in [3.8, 4) is 5.75 Å². The van der Waals surface area contributed by atoms with E-state index >= 15 is 0 Å². The maximum atomic E-state index is 14.2. The first-order chi connectivity index (χ1) is 15.3. The number of hydrogen-bond acceptors (Lipinski definition) is 1. The molecule has 0 aromatic heterocycles. The van der Waals surface area contributed by atoms with Gasteiger partial charge in [0.15, 0.2) is 11.6 Å². The molecule has 4 atom stereocenters. The summed E-state index contributed by atoms with van der Waals surface area (Å²) < 4.78 is 55.2. The lowest BCUT2D eigenvalue weighted by molar-refractivity contribution is -0.275. The van der Waals surface area contributed by atoms with Crippen molar-refractivity contribution in [2.45, 2.75) is 89.3 Å². The predicted octanol–water partition coefficient (Wildman–Crippen LogP) is 8.80. The largest absolute Gasteiger partial charge is 0.573 e. The second-order valence-corrected chi connectivity index (χ2v) is 10.5. The van der Waals surface area contributed by atoms with Crippen molar-refractivity contribution in [1.82, 2.24) is 0 Å². The molecular formula is C27H36F4O. The Morgan fingerprint density at radius 1 is 0.875 bits per heavy atom. The third kappa shape index (κ3) is 5.88. The summed E-state index contributed by atoms with van der Waals surface area (Å²) in [6, 6.07) is 4.00. The van der Waals surface area contributed by atoms with Crippen LogP contribution < -0.4 is 4.74 Å². The maximum Gasteiger partial charge on any atom is 0.573 e. The van der Waals surface area contributed by atoms with Gasteiger partial charge in [0.25, 0.3) is 0 Å². The average Bonchev–Trinajstić information content (AvgIpc) is 2.78. The molecule has 3 aliphatic carbocycles. The van der Waals surface area contributed by atoms with E-state index in [2.05, 4.69) is 11.3 Å². The third-order valence-corrected chi connectivity index (χ3v) is 8.64. The minimum Gasteiger partial charge on any atom is -0.403 e. The number of allylic oxidation sites excluding steroid dienone is 1. The topological polar surface area (TPSA) is 9.23 Å². The standard InChI is InChI=1S/C27H36F4O/c1-2-3-4-18-5-7-19(8-6-18)20-9-10-22-16-23(12-11-21(22)15-20)24-13-14-26(25(28)17-24)32-27(29,30)31/h2,13-14,17-23H,1,3-12,15-16H2. The Labute approximate surface area is 189 Å². The molecule has 0 aliphatic heterocycles. The van der Waals surface area contributed by atoms with Crippen LogP contribution in [0.5, 0.6) is 5.75 Å². The number of alkyl halides is 3. The summed E-state index contributed by atoms with van der Waals surface area (Å²) in [6.45, 7) is 3.85. The van der Waals surface area contributed by atoms with Gasteiger partial charge in [0.1, 0.15) is 0 Å². The van der Waals surface area contributed by atoms with Crippen molar-refractivity contribution >= 4 is 0 Å². The first-order valence-electron chi connectivity index (χ1n) is 12.5. The highest BCUT2D eigenvalue weighted by molar-refractivity contribution is 5.32. The van der Waals surface area contributed by atoms with Gasteiger partial charge in [0.2, 0.25) is 0 Å². The van der Waals surface area contributed by atoms with Crippen LogP contribution in [-0.2, 0) is 0 Å². The molecule has 0 amide bonds. The second-order valence-electron chi connectivity index (χ2n) is 10.5. The van der Waals surface area contributed by atoms with Crippen molar-refractivity contribution in [1.29, 1.82) is 0 Å². The van der Waals surface area contributed by atoms with Crippen LogP contribution in [0.3, 0.4) is 0 Å². The van der Waals surface area contributed by atoms with Gasteiger partial charge in [0, 0.05) is 0 Å². The van der Waals surface area contributed by atoms with Crippen LogP contribution in [-0.4, -0.2) is 6.36 Å². The highest BCUT2D eigenvalue weighted by Gasteiger charge is 2.39. The lowest BCUT2D eigenvalue weighted by Gasteiger charge is -2.45. The Morgan fingerprint density at radius 2 is 1.50 bits per heavy atom. The van der Waals surface area contributed by atoms with Crippen LogP contribution in [0, 0.1) is 35.4 Å². The fourth-order valence-corrected chi connectivity index (χ4v) is 6.94. The van der Waals surface area contributed by atoms with Crippen molar-refractivity contribution in [2.24, 2.45) is 29.6 Å². The molecule has 0 N–H and O–H groups in total. The summed E-state index contributed by atoms with van der Waals surface area (Å²) in [7, 11) is 0. The number of benzene rings is 1. The molecule has 0 spiro atoms. The van der Waals surface area contributed by atoms with E-state index < -0.39 is 17.9 Å². The van der Waals surface area contributed by atoms with Crippen LogP contribution in [0.2, 0.25) is 0 Å². The van der Waals surface area contributed by atoms with Gasteiger partial charge < -0.3 is 4.74 Å². The summed E-state index contributed by atoms with van der Waals surface area (Å²) in [5.74, 6) is 2.66. The summed E-state index contributed by atoms with van der Waals surface area (Å²) >= 11 is 0. The average molecular weight is 453 g/mol. The van der Waals surface area contributed by atoms with Gasteiger partial charge in [-0.1, -0.05) is 25.0 Å². The Hall–Kier alpha value is -1.52. The van der Waals surface area contributed by atoms with Gasteiger partial charge in [-0.15, -0.1) is 19.8 Å². The number of rotatable bonds is 6. The van der Waals surface area contributed by atoms with E-state index in [9.17, 15) is 17.6 Å². The van der Waals surface area contributed by atoms with Crippen LogP contribution in [0.15, 0.2) is 30.9 Å². The molecule has 1 aromatic rings. The minimum absolute atomic E-state index is 0.238. The molecule has 3 fully saturated rings. The molecule has 0 heterocycles. The van der Waals surface area contributed by atoms with Gasteiger partial charge in [-0.05, 0) is 117 Å². The number of hydrogen-bond donors (Lipinski definition) is 0. The summed E-state index contributed by atoms with van der Waals surface area (Å²) in [5, 5.41) is 0. The van der Waals surface area contributed by atoms with E-state index in [1.54, 1.807) is 6.07 Å². The fourth-order valence-electron chi connectivity index (χ4n) is 6.94. The van der Waals surface area contributed by atoms with E-state index in [0.29, 0.717) is 5.92 Å². The molecular weight excluding hydrogens is 416 g/mol. The minimum atomic E-state index is -4.87. The van der Waals surface area contributed by atoms with Crippen LogP contribution in [0.1, 0.15) is 88.5 Å². The molecule has 3 saturated carbocycles. The van der Waals surface area contributed by atoms with Crippen molar-refractivity contribution < 1.29 is 22.3 Å². The summed E-state index contributed by atoms with van der Waals surface area (Å²) in [6.07, 6.45) is 12.2. The SMILES string of the molecule is C=CCCC1CCC(C2CCC3CC(c4ccc(OC(F)(F)F)c(F)c4)CCC3C2)CC1. The van der Waals surface area contributed by atoms with Gasteiger partial charge in [-0.2, -0.15) is 0 Å². The van der Waals surface area contributed by atoms with Crippen molar-refractivity contribution in [3.63, 3.8) is 0 Å². The molecule has 178 valence electrons. The molecule has 32 heavy (non-hydrogen) atoms. The Morgan fingerprint density at radius 3 is 2.16 bits per heavy atom. The molecule has 5 heteroatoms. The van der Waals surface area contributed by atoms with Gasteiger partial charge in [0.05, 0.1) is 0 Å². The molecule has 4 rings (SSSR count). The highest BCUT2D eigenvalue weighted by atomic mass is 19.4. The second kappa shape index (κ2) is 10.2. The zero-order chi connectivity index (χ0) is 22.7. The molecule has 4 unspecified atom stereocenters. The normalized spacial score (nSPS) is 33.4. The molecule has 0 radical (unpaired) electrons.